The zero-order chi connectivity index (χ0) is 15.1. The van der Waals surface area contributed by atoms with E-state index in [4.69, 9.17) is 15.1 Å². The molecular formula is C16H11FN2O2. The molecule has 5 heteroatoms. The average Bonchev–Trinajstić information content (AvgIpc) is 2.52. The van der Waals surface area contributed by atoms with Crippen molar-refractivity contribution in [3.05, 3.63) is 59.2 Å². The van der Waals surface area contributed by atoms with Crippen LogP contribution in [0.15, 0.2) is 36.7 Å². The molecule has 2 aromatic rings. The summed E-state index contributed by atoms with van der Waals surface area (Å²) in [6.45, 7) is -0.253. The van der Waals surface area contributed by atoms with E-state index in [0.717, 1.165) is 0 Å². The number of nitriles is 1. The Bertz CT molecular complexity index is 742. The van der Waals surface area contributed by atoms with Crippen molar-refractivity contribution in [3.63, 3.8) is 0 Å². The Hall–Kier alpha value is -2.89. The number of rotatable bonds is 3. The largest absolute Gasteiger partial charge is 0.487 e. The van der Waals surface area contributed by atoms with E-state index >= 15 is 0 Å². The van der Waals surface area contributed by atoms with Crippen molar-refractivity contribution in [2.75, 3.05) is 6.61 Å². The standard InChI is InChI=1S/C16H11FN2O2/c17-16-4-3-12(8-18)6-14(16)11-21-15-7-13(2-1-5-20)9-19-10-15/h3-4,6-7,9-10,20H,5,11H2. The second-order valence-corrected chi connectivity index (χ2v) is 4.08. The number of hydrogen-bond donors (Lipinski definition) is 1. The van der Waals surface area contributed by atoms with Crippen molar-refractivity contribution in [2.24, 2.45) is 0 Å². The number of nitrogens with zero attached hydrogens (tertiary/aromatic N) is 2. The van der Waals surface area contributed by atoms with Crippen LogP contribution in [0.5, 0.6) is 5.75 Å². The minimum absolute atomic E-state index is 0.0140. The molecule has 0 spiro atoms. The van der Waals surface area contributed by atoms with Crippen LogP contribution in [0.25, 0.3) is 0 Å². The summed E-state index contributed by atoms with van der Waals surface area (Å²) in [5.41, 5.74) is 1.25. The van der Waals surface area contributed by atoms with Crippen LogP contribution in [0, 0.1) is 29.0 Å². The zero-order valence-corrected chi connectivity index (χ0v) is 11.0. The van der Waals surface area contributed by atoms with Gasteiger partial charge in [0.1, 0.15) is 24.8 Å². The van der Waals surface area contributed by atoms with Gasteiger partial charge < -0.3 is 9.84 Å². The number of halogens is 1. The Morgan fingerprint density at radius 2 is 2.10 bits per heavy atom. The monoisotopic (exact) mass is 282 g/mol. The lowest BCUT2D eigenvalue weighted by atomic mass is 10.1. The van der Waals surface area contributed by atoms with Gasteiger partial charge in [0.25, 0.3) is 0 Å². The predicted octanol–water partition coefficient (Wildman–Crippen LogP) is 2.02. The van der Waals surface area contributed by atoms with Crippen LogP contribution >= 0.6 is 0 Å². The summed E-state index contributed by atoms with van der Waals surface area (Å²) in [5.74, 6) is 5.21. The van der Waals surface area contributed by atoms with Crippen LogP contribution in [0.3, 0.4) is 0 Å². The Labute approximate surface area is 121 Å². The minimum Gasteiger partial charge on any atom is -0.487 e. The summed E-state index contributed by atoms with van der Waals surface area (Å²) in [4.78, 5) is 3.95. The molecule has 0 fully saturated rings. The van der Waals surface area contributed by atoms with Gasteiger partial charge in [0.2, 0.25) is 0 Å². The maximum atomic E-state index is 13.6. The van der Waals surface area contributed by atoms with Gasteiger partial charge in [0, 0.05) is 17.3 Å². The molecule has 0 atom stereocenters. The number of aliphatic hydroxyl groups is 1. The first-order chi connectivity index (χ1) is 10.2. The maximum Gasteiger partial charge on any atom is 0.139 e. The van der Waals surface area contributed by atoms with Crippen molar-refractivity contribution in [1.29, 1.82) is 5.26 Å². The molecule has 4 nitrogen and oxygen atoms in total. The molecule has 0 amide bonds. The lowest BCUT2D eigenvalue weighted by Crippen LogP contribution is -2.00. The fraction of sp³-hybridized carbons (Fsp3) is 0.125. The molecule has 0 saturated heterocycles. The second-order valence-electron chi connectivity index (χ2n) is 4.08. The fourth-order valence-electron chi connectivity index (χ4n) is 1.62. The Morgan fingerprint density at radius 1 is 1.24 bits per heavy atom. The van der Waals surface area contributed by atoms with Crippen molar-refractivity contribution < 1.29 is 14.2 Å². The third-order valence-corrected chi connectivity index (χ3v) is 2.59. The van der Waals surface area contributed by atoms with E-state index in [1.165, 1.54) is 30.6 Å². The highest BCUT2D eigenvalue weighted by Gasteiger charge is 2.05. The van der Waals surface area contributed by atoms with Gasteiger partial charge in [-0.05, 0) is 24.3 Å². The van der Waals surface area contributed by atoms with Crippen LogP contribution < -0.4 is 4.74 Å². The number of benzene rings is 1. The molecule has 0 aliphatic rings. The van der Waals surface area contributed by atoms with E-state index in [1.54, 1.807) is 6.07 Å². The highest BCUT2D eigenvalue weighted by atomic mass is 19.1. The number of hydrogen-bond acceptors (Lipinski definition) is 4. The van der Waals surface area contributed by atoms with E-state index in [9.17, 15) is 4.39 Å². The number of pyridine rings is 1. The Kier molecular flexibility index (Phi) is 4.87. The van der Waals surface area contributed by atoms with Gasteiger partial charge in [-0.3, -0.25) is 4.98 Å². The van der Waals surface area contributed by atoms with Gasteiger partial charge in [-0.1, -0.05) is 11.8 Å². The van der Waals surface area contributed by atoms with Gasteiger partial charge in [-0.2, -0.15) is 5.26 Å². The number of aromatic nitrogens is 1. The molecule has 0 unspecified atom stereocenters. The van der Waals surface area contributed by atoms with Crippen LogP contribution in [-0.4, -0.2) is 16.7 Å². The molecule has 0 radical (unpaired) electrons. The van der Waals surface area contributed by atoms with E-state index in [0.29, 0.717) is 22.4 Å². The molecule has 0 aliphatic carbocycles. The molecule has 0 aliphatic heterocycles. The van der Waals surface area contributed by atoms with Crippen LogP contribution in [-0.2, 0) is 6.61 Å². The van der Waals surface area contributed by atoms with Crippen molar-refractivity contribution in [1.82, 2.24) is 4.98 Å². The molecule has 0 bridgehead atoms. The molecule has 1 N–H and O–H groups in total. The van der Waals surface area contributed by atoms with Crippen LogP contribution in [0.2, 0.25) is 0 Å². The number of aliphatic hydroxyl groups excluding tert-OH is 1. The van der Waals surface area contributed by atoms with E-state index < -0.39 is 5.82 Å². The summed E-state index contributed by atoms with van der Waals surface area (Å²) in [6, 6.07) is 7.67. The summed E-state index contributed by atoms with van der Waals surface area (Å²) in [5, 5.41) is 17.4. The van der Waals surface area contributed by atoms with Gasteiger partial charge in [-0.25, -0.2) is 4.39 Å². The Morgan fingerprint density at radius 3 is 2.86 bits per heavy atom. The molecule has 104 valence electrons. The quantitative estimate of drug-likeness (QED) is 0.875. The van der Waals surface area contributed by atoms with Crippen molar-refractivity contribution in [3.8, 4) is 23.7 Å². The summed E-state index contributed by atoms with van der Waals surface area (Å²) < 4.78 is 19.1. The molecule has 0 saturated carbocycles. The molecule has 1 aromatic heterocycles. The number of ether oxygens (including phenoxy) is 1. The normalized spacial score (nSPS) is 9.38. The second kappa shape index (κ2) is 7.04. The summed E-state index contributed by atoms with van der Waals surface area (Å²) >= 11 is 0. The van der Waals surface area contributed by atoms with E-state index in [2.05, 4.69) is 16.8 Å². The topological polar surface area (TPSA) is 66.1 Å². The maximum absolute atomic E-state index is 13.6. The predicted molar refractivity (Wildman–Crippen MR) is 73.6 cm³/mol. The summed E-state index contributed by atoms with van der Waals surface area (Å²) in [7, 11) is 0. The third kappa shape index (κ3) is 4.04. The Balaban J connectivity index is 2.11. The molecule has 21 heavy (non-hydrogen) atoms. The first kappa shape index (κ1) is 14.5. The first-order valence-electron chi connectivity index (χ1n) is 6.09. The summed E-state index contributed by atoms with van der Waals surface area (Å²) in [6.07, 6.45) is 3.02. The lowest BCUT2D eigenvalue weighted by Gasteiger charge is -2.07. The molecule has 2 rings (SSSR count). The fourth-order valence-corrected chi connectivity index (χ4v) is 1.62. The molecule has 1 aromatic carbocycles. The third-order valence-electron chi connectivity index (χ3n) is 2.59. The van der Waals surface area contributed by atoms with Gasteiger partial charge in [0.05, 0.1) is 17.8 Å². The average molecular weight is 282 g/mol. The van der Waals surface area contributed by atoms with Gasteiger partial charge >= 0.3 is 0 Å². The molecule has 1 heterocycles. The zero-order valence-electron chi connectivity index (χ0n) is 11.0. The van der Waals surface area contributed by atoms with Crippen LogP contribution in [0.4, 0.5) is 4.39 Å². The first-order valence-corrected chi connectivity index (χ1v) is 6.09. The van der Waals surface area contributed by atoms with Crippen LogP contribution in [0.1, 0.15) is 16.7 Å². The molecular weight excluding hydrogens is 271 g/mol. The SMILES string of the molecule is N#Cc1ccc(F)c(COc2cncc(C#CCO)c2)c1. The van der Waals surface area contributed by atoms with E-state index in [1.807, 2.05) is 6.07 Å². The highest BCUT2D eigenvalue weighted by molar-refractivity contribution is 5.37. The van der Waals surface area contributed by atoms with E-state index in [-0.39, 0.29) is 13.2 Å². The van der Waals surface area contributed by atoms with Gasteiger partial charge in [0.15, 0.2) is 0 Å². The lowest BCUT2D eigenvalue weighted by molar-refractivity contribution is 0.298. The van der Waals surface area contributed by atoms with Crippen molar-refractivity contribution >= 4 is 0 Å². The minimum atomic E-state index is -0.432. The highest BCUT2D eigenvalue weighted by Crippen LogP contribution is 2.16. The van der Waals surface area contributed by atoms with Gasteiger partial charge in [-0.15, -0.1) is 0 Å². The van der Waals surface area contributed by atoms with Crippen molar-refractivity contribution in [2.45, 2.75) is 6.61 Å². The smallest absolute Gasteiger partial charge is 0.139 e.